The number of esters is 2. The number of hydrogen-bond donors (Lipinski definition) is 0. The molecule has 0 amide bonds. The molecule has 0 saturated heterocycles. The Hall–Kier alpha value is -3.26. The average molecular weight is 525 g/mol. The van der Waals surface area contributed by atoms with E-state index in [1.807, 2.05) is 87.5 Å². The van der Waals surface area contributed by atoms with Gasteiger partial charge in [0.2, 0.25) is 0 Å². The molecule has 0 radical (unpaired) electrons. The molecule has 6 nitrogen and oxygen atoms in total. The molecule has 200 valence electrons. The maximum Gasteiger partial charge on any atom is 0.407 e. The molecule has 0 unspecified atom stereocenters. The van der Waals surface area contributed by atoms with Crippen molar-refractivity contribution in [3.63, 3.8) is 0 Å². The monoisotopic (exact) mass is 524 g/mol. The Morgan fingerprint density at radius 3 is 1.62 bits per heavy atom. The highest BCUT2D eigenvalue weighted by atomic mass is 28.4. The number of rotatable bonds is 12. The Kier molecular flexibility index (Phi) is 13.5. The van der Waals surface area contributed by atoms with Gasteiger partial charge in [0.05, 0.1) is 6.61 Å². The van der Waals surface area contributed by atoms with Crippen LogP contribution in [0.2, 0.25) is 0 Å². The van der Waals surface area contributed by atoms with Gasteiger partial charge in [-0.05, 0) is 51.4 Å². The molecule has 0 spiro atoms. The van der Waals surface area contributed by atoms with Crippen molar-refractivity contribution in [3.8, 4) is 0 Å². The lowest BCUT2D eigenvalue weighted by Gasteiger charge is -2.31. The van der Waals surface area contributed by atoms with Crippen LogP contribution in [0.25, 0.3) is 0 Å². The van der Waals surface area contributed by atoms with Crippen LogP contribution in [0.4, 0.5) is 0 Å². The molecule has 0 bridgehead atoms. The molecule has 2 aromatic carbocycles. The molecule has 0 aliphatic heterocycles. The number of ether oxygens (including phenoxy) is 2. The van der Waals surface area contributed by atoms with E-state index < -0.39 is 20.1 Å². The molecule has 0 aromatic heterocycles. The largest absolute Gasteiger partial charge is 0.460 e. The number of benzene rings is 2. The topological polar surface area (TPSA) is 71.1 Å². The van der Waals surface area contributed by atoms with Gasteiger partial charge >= 0.3 is 20.5 Å². The fraction of sp³-hybridized carbons (Fsp3) is 0.333. The van der Waals surface area contributed by atoms with Crippen molar-refractivity contribution in [3.05, 3.63) is 97.6 Å². The van der Waals surface area contributed by atoms with E-state index in [0.717, 1.165) is 16.8 Å². The van der Waals surface area contributed by atoms with Crippen molar-refractivity contribution in [1.29, 1.82) is 0 Å². The van der Waals surface area contributed by atoms with Gasteiger partial charge in [0.25, 0.3) is 0 Å². The van der Waals surface area contributed by atoms with E-state index in [-0.39, 0.29) is 19.2 Å². The van der Waals surface area contributed by atoms with Gasteiger partial charge in [-0.1, -0.05) is 79.9 Å². The number of hydrogen-bond acceptors (Lipinski definition) is 6. The zero-order valence-corrected chi connectivity index (χ0v) is 23.8. The maximum atomic E-state index is 11.6. The average Bonchev–Trinajstić information content (AvgIpc) is 2.86. The summed E-state index contributed by atoms with van der Waals surface area (Å²) in [5.41, 5.74) is 0.400. The van der Waals surface area contributed by atoms with Crippen LogP contribution in [0.1, 0.15) is 41.0 Å². The summed E-state index contributed by atoms with van der Waals surface area (Å²) in [6.07, 6.45) is 2.55. The van der Waals surface area contributed by atoms with Gasteiger partial charge in [-0.2, -0.15) is 0 Å². The standard InChI is InChI=1S/C22H26O4Si.C8H14O2/c1-4-5-16-25-27(20-12-8-6-9-13-20,21-14-10-7-11-15-21)26-18-17-24-22(23)19(2)3;1-6(2)7(9)10-8(3,4)5/h4,6-15H,1-2,5,16-18H2,3H3;1H2,2-5H3. The quantitative estimate of drug-likeness (QED) is 0.130. The van der Waals surface area contributed by atoms with Crippen LogP contribution >= 0.6 is 0 Å². The SMILES string of the molecule is C=C(C)C(=O)OC(C)(C)C.C=CCCO[Si](OCCOC(=O)C(=C)C)(c1ccccc1)c1ccccc1. The second kappa shape index (κ2) is 15.8. The van der Waals surface area contributed by atoms with Crippen molar-refractivity contribution < 1.29 is 27.9 Å². The molecule has 0 aliphatic carbocycles. The molecule has 0 aliphatic rings. The van der Waals surface area contributed by atoms with Crippen LogP contribution in [-0.4, -0.2) is 45.9 Å². The normalized spacial score (nSPS) is 10.9. The minimum atomic E-state index is -2.95. The van der Waals surface area contributed by atoms with E-state index in [1.165, 1.54) is 0 Å². The molecule has 7 heteroatoms. The summed E-state index contributed by atoms with van der Waals surface area (Å²) in [6, 6.07) is 19.9. The van der Waals surface area contributed by atoms with Crippen molar-refractivity contribution >= 4 is 30.9 Å². The Balaban J connectivity index is 0.000000580. The van der Waals surface area contributed by atoms with Crippen LogP contribution in [0, 0.1) is 0 Å². The van der Waals surface area contributed by atoms with Crippen LogP contribution in [0.3, 0.4) is 0 Å². The minimum Gasteiger partial charge on any atom is -0.460 e. The van der Waals surface area contributed by atoms with Gasteiger partial charge in [-0.3, -0.25) is 0 Å². The van der Waals surface area contributed by atoms with Gasteiger partial charge < -0.3 is 18.3 Å². The Labute approximate surface area is 222 Å². The summed E-state index contributed by atoms with van der Waals surface area (Å²) in [5, 5.41) is 2.01. The molecule has 0 N–H and O–H groups in total. The first-order valence-electron chi connectivity index (χ1n) is 12.1. The molecule has 2 aromatic rings. The lowest BCUT2D eigenvalue weighted by Crippen LogP contribution is -2.63. The molecule has 0 fully saturated rings. The maximum absolute atomic E-state index is 11.6. The van der Waals surface area contributed by atoms with E-state index in [2.05, 4.69) is 19.7 Å². The highest BCUT2D eigenvalue weighted by Crippen LogP contribution is 2.12. The van der Waals surface area contributed by atoms with Gasteiger partial charge in [0.15, 0.2) is 0 Å². The van der Waals surface area contributed by atoms with E-state index >= 15 is 0 Å². The Bertz CT molecular complexity index is 986. The number of carbonyl (C=O) groups is 2. The summed E-state index contributed by atoms with van der Waals surface area (Å²) >= 11 is 0. The first kappa shape index (κ1) is 31.8. The lowest BCUT2D eigenvalue weighted by molar-refractivity contribution is -0.149. The zero-order valence-electron chi connectivity index (χ0n) is 22.8. The molecule has 0 saturated carbocycles. The molecule has 37 heavy (non-hydrogen) atoms. The lowest BCUT2D eigenvalue weighted by atomic mass is 10.2. The first-order chi connectivity index (χ1) is 17.4. The van der Waals surface area contributed by atoms with Crippen molar-refractivity contribution in [2.45, 2.75) is 46.6 Å². The summed E-state index contributed by atoms with van der Waals surface area (Å²) < 4.78 is 22.9. The molecular weight excluding hydrogens is 484 g/mol. The fourth-order valence-electron chi connectivity index (χ4n) is 2.95. The van der Waals surface area contributed by atoms with Crippen LogP contribution in [-0.2, 0) is 27.9 Å². The minimum absolute atomic E-state index is 0.144. The molecule has 2 rings (SSSR count). The van der Waals surface area contributed by atoms with E-state index in [9.17, 15) is 9.59 Å². The van der Waals surface area contributed by atoms with Crippen molar-refractivity contribution in [2.75, 3.05) is 19.8 Å². The third-order valence-corrected chi connectivity index (χ3v) is 8.06. The van der Waals surface area contributed by atoms with E-state index in [4.69, 9.17) is 18.3 Å². The predicted molar refractivity (Wildman–Crippen MR) is 151 cm³/mol. The highest BCUT2D eigenvalue weighted by molar-refractivity contribution is 6.92. The summed E-state index contributed by atoms with van der Waals surface area (Å²) in [4.78, 5) is 22.4. The van der Waals surface area contributed by atoms with Crippen LogP contribution in [0.15, 0.2) is 97.6 Å². The van der Waals surface area contributed by atoms with Crippen LogP contribution in [0.5, 0.6) is 0 Å². The number of carbonyl (C=O) groups excluding carboxylic acids is 2. The zero-order chi connectivity index (χ0) is 27.9. The summed E-state index contributed by atoms with van der Waals surface area (Å²) in [6.45, 7) is 20.4. The van der Waals surface area contributed by atoms with E-state index in [0.29, 0.717) is 17.8 Å². The van der Waals surface area contributed by atoms with Crippen LogP contribution < -0.4 is 10.4 Å². The third-order valence-electron chi connectivity index (χ3n) is 4.65. The summed E-state index contributed by atoms with van der Waals surface area (Å²) in [7, 11) is -2.95. The van der Waals surface area contributed by atoms with Crippen molar-refractivity contribution in [1.82, 2.24) is 0 Å². The molecular formula is C30H40O6Si. The second-order valence-corrected chi connectivity index (χ2v) is 12.3. The predicted octanol–water partition coefficient (Wildman–Crippen LogP) is 4.88. The molecule has 0 atom stereocenters. The van der Waals surface area contributed by atoms with Gasteiger partial charge in [0.1, 0.15) is 12.2 Å². The first-order valence-corrected chi connectivity index (χ1v) is 14.0. The Morgan fingerprint density at radius 1 is 0.784 bits per heavy atom. The second-order valence-electron chi connectivity index (χ2n) is 9.32. The van der Waals surface area contributed by atoms with Gasteiger partial charge in [-0.25, -0.2) is 9.59 Å². The van der Waals surface area contributed by atoms with Gasteiger partial charge in [-0.15, -0.1) is 6.58 Å². The fourth-order valence-corrected chi connectivity index (χ4v) is 6.07. The van der Waals surface area contributed by atoms with Crippen molar-refractivity contribution in [2.24, 2.45) is 0 Å². The third kappa shape index (κ3) is 11.6. The Morgan fingerprint density at radius 2 is 1.24 bits per heavy atom. The summed E-state index contributed by atoms with van der Waals surface area (Å²) in [5.74, 6) is -0.745. The highest BCUT2D eigenvalue weighted by Gasteiger charge is 2.42. The molecule has 0 heterocycles. The van der Waals surface area contributed by atoms with E-state index in [1.54, 1.807) is 13.8 Å². The smallest absolute Gasteiger partial charge is 0.407 e. The van der Waals surface area contributed by atoms with Gasteiger partial charge in [0, 0.05) is 17.8 Å².